The van der Waals surface area contributed by atoms with Gasteiger partial charge in [0.2, 0.25) is 0 Å². The number of ether oxygens (including phenoxy) is 3. The van der Waals surface area contributed by atoms with Gasteiger partial charge in [0, 0.05) is 13.1 Å². The normalized spacial score (nSPS) is 28.2. The Balaban J connectivity index is 1.53. The molecule has 24 heavy (non-hydrogen) atoms. The summed E-state index contributed by atoms with van der Waals surface area (Å²) >= 11 is 0. The van der Waals surface area contributed by atoms with Crippen LogP contribution in [0.25, 0.3) is 0 Å². The lowest BCUT2D eigenvalue weighted by Crippen LogP contribution is -2.41. The van der Waals surface area contributed by atoms with E-state index in [-0.39, 0.29) is 24.4 Å². The van der Waals surface area contributed by atoms with E-state index in [2.05, 4.69) is 16.7 Å². The molecular weight excluding hydrogens is 310 g/mol. The number of alkyl carbamates (subject to hydrolysis) is 1. The van der Waals surface area contributed by atoms with Crippen molar-refractivity contribution in [2.24, 2.45) is 0 Å². The highest BCUT2D eigenvalue weighted by Gasteiger charge is 2.49. The molecule has 2 N–H and O–H groups in total. The van der Waals surface area contributed by atoms with Gasteiger partial charge in [0.1, 0.15) is 12.2 Å². The average molecular weight is 331 g/mol. The topological polar surface area (TPSA) is 92.6 Å². The van der Waals surface area contributed by atoms with E-state index < -0.39 is 6.09 Å². The van der Waals surface area contributed by atoms with Crippen LogP contribution in [0.3, 0.4) is 0 Å². The molecule has 0 aliphatic carbocycles. The summed E-state index contributed by atoms with van der Waals surface area (Å²) in [7, 11) is 0. The predicted octanol–water partition coefficient (Wildman–Crippen LogP) is 0.929. The lowest BCUT2D eigenvalue weighted by Gasteiger charge is -2.18. The van der Waals surface area contributed by atoms with Crippen molar-refractivity contribution >= 4 is 6.09 Å². The Hall–Kier alpha value is -2.14. The number of hydrogen-bond acceptors (Lipinski definition) is 6. The van der Waals surface area contributed by atoms with Crippen LogP contribution in [0.4, 0.5) is 4.79 Å². The Labute approximate surface area is 140 Å². The quantitative estimate of drug-likeness (QED) is 0.834. The molecule has 4 atom stereocenters. The molecule has 0 bridgehead atoms. The van der Waals surface area contributed by atoms with Crippen molar-refractivity contribution in [2.75, 3.05) is 19.8 Å². The Morgan fingerprint density at radius 1 is 1.38 bits per heavy atom. The van der Waals surface area contributed by atoms with Gasteiger partial charge in [-0.2, -0.15) is 5.26 Å². The Morgan fingerprint density at radius 2 is 2.21 bits per heavy atom. The summed E-state index contributed by atoms with van der Waals surface area (Å²) in [6, 6.07) is 9.64. The number of carbonyl (C=O) groups is 1. The second-order valence-electron chi connectivity index (χ2n) is 5.87. The molecule has 1 amide bonds. The van der Waals surface area contributed by atoms with Crippen LogP contribution in [0.5, 0.6) is 0 Å². The summed E-state index contributed by atoms with van der Waals surface area (Å²) in [5.74, 6) is 0. The van der Waals surface area contributed by atoms with E-state index >= 15 is 0 Å². The number of rotatable bonds is 5. The van der Waals surface area contributed by atoms with Crippen LogP contribution in [-0.2, 0) is 20.8 Å². The molecule has 0 spiro atoms. The Kier molecular flexibility index (Phi) is 5.30. The van der Waals surface area contributed by atoms with Gasteiger partial charge in [-0.3, -0.25) is 0 Å². The van der Waals surface area contributed by atoms with E-state index in [0.717, 1.165) is 5.56 Å². The van der Waals surface area contributed by atoms with Gasteiger partial charge >= 0.3 is 6.09 Å². The number of hydrogen-bond donors (Lipinski definition) is 2. The fraction of sp³-hybridized carbons (Fsp3) is 0.529. The SMILES string of the molecule is CCNC(=O)O[C@@H]1CO[C@H]2[C@@H]1OC[C@@H]2NCc1cccc(C#N)c1. The molecule has 2 saturated heterocycles. The molecule has 1 aromatic carbocycles. The highest BCUT2D eigenvalue weighted by Crippen LogP contribution is 2.29. The molecule has 7 heteroatoms. The minimum Gasteiger partial charge on any atom is -0.441 e. The molecule has 128 valence electrons. The van der Waals surface area contributed by atoms with Crippen molar-refractivity contribution in [3.63, 3.8) is 0 Å². The number of fused-ring (bicyclic) bond motifs is 1. The second kappa shape index (κ2) is 7.62. The third kappa shape index (κ3) is 3.67. The molecule has 1 aromatic rings. The number of nitrogens with one attached hydrogen (secondary N) is 2. The van der Waals surface area contributed by atoms with Crippen molar-refractivity contribution in [3.05, 3.63) is 35.4 Å². The van der Waals surface area contributed by atoms with E-state index in [4.69, 9.17) is 19.5 Å². The summed E-state index contributed by atoms with van der Waals surface area (Å²) in [5, 5.41) is 15.0. The van der Waals surface area contributed by atoms with Gasteiger partial charge in [0.05, 0.1) is 30.9 Å². The molecular formula is C17H21N3O4. The van der Waals surface area contributed by atoms with E-state index in [1.165, 1.54) is 0 Å². The maximum atomic E-state index is 11.6. The standard InChI is InChI=1S/C17H21N3O4/c1-2-19-17(21)24-14-10-23-15-13(9-22-16(14)15)20-8-12-5-3-4-11(6-12)7-18/h3-6,13-16,20H,2,8-10H2,1H3,(H,19,21)/t13-,14+,15+,16+/m0/s1. The van der Waals surface area contributed by atoms with Crippen molar-refractivity contribution in [3.8, 4) is 6.07 Å². The first-order valence-corrected chi connectivity index (χ1v) is 8.11. The van der Waals surface area contributed by atoms with Gasteiger partial charge < -0.3 is 24.8 Å². The fourth-order valence-corrected chi connectivity index (χ4v) is 3.06. The zero-order chi connectivity index (χ0) is 16.9. The first kappa shape index (κ1) is 16.7. The van der Waals surface area contributed by atoms with E-state index in [0.29, 0.717) is 31.9 Å². The van der Waals surface area contributed by atoms with Crippen LogP contribution >= 0.6 is 0 Å². The number of carbonyl (C=O) groups excluding carboxylic acids is 1. The molecule has 0 unspecified atom stereocenters. The van der Waals surface area contributed by atoms with Gasteiger partial charge in [0.25, 0.3) is 0 Å². The zero-order valence-electron chi connectivity index (χ0n) is 13.5. The minimum absolute atomic E-state index is 0.0311. The molecule has 0 radical (unpaired) electrons. The molecule has 7 nitrogen and oxygen atoms in total. The molecule has 0 aromatic heterocycles. The van der Waals surface area contributed by atoms with Crippen LogP contribution in [0.2, 0.25) is 0 Å². The van der Waals surface area contributed by atoms with Gasteiger partial charge in [-0.1, -0.05) is 12.1 Å². The second-order valence-corrected chi connectivity index (χ2v) is 5.87. The van der Waals surface area contributed by atoms with Gasteiger partial charge in [-0.05, 0) is 24.6 Å². The number of nitriles is 1. The highest BCUT2D eigenvalue weighted by atomic mass is 16.6. The summed E-state index contributed by atoms with van der Waals surface area (Å²) in [5.41, 5.74) is 1.67. The van der Waals surface area contributed by atoms with E-state index in [9.17, 15) is 4.79 Å². The van der Waals surface area contributed by atoms with E-state index in [1.807, 2.05) is 25.1 Å². The van der Waals surface area contributed by atoms with Crippen molar-refractivity contribution in [1.29, 1.82) is 5.26 Å². The van der Waals surface area contributed by atoms with Gasteiger partial charge in [-0.25, -0.2) is 4.79 Å². The lowest BCUT2D eigenvalue weighted by atomic mass is 10.1. The van der Waals surface area contributed by atoms with Crippen molar-refractivity contribution in [2.45, 2.75) is 37.8 Å². The van der Waals surface area contributed by atoms with Crippen LogP contribution in [-0.4, -0.2) is 50.2 Å². The zero-order valence-corrected chi connectivity index (χ0v) is 13.5. The molecule has 2 fully saturated rings. The van der Waals surface area contributed by atoms with Gasteiger partial charge in [-0.15, -0.1) is 0 Å². The molecule has 2 aliphatic rings. The third-order valence-electron chi connectivity index (χ3n) is 4.21. The summed E-state index contributed by atoms with van der Waals surface area (Å²) in [6.07, 6.45) is -1.20. The summed E-state index contributed by atoms with van der Waals surface area (Å²) in [6.45, 7) is 3.82. The first-order chi connectivity index (χ1) is 11.7. The molecule has 3 rings (SSSR count). The minimum atomic E-state index is -0.444. The largest absolute Gasteiger partial charge is 0.441 e. The monoisotopic (exact) mass is 331 g/mol. The summed E-state index contributed by atoms with van der Waals surface area (Å²) < 4.78 is 16.9. The van der Waals surface area contributed by atoms with Crippen molar-refractivity contribution in [1.82, 2.24) is 10.6 Å². The Morgan fingerprint density at radius 3 is 3.00 bits per heavy atom. The van der Waals surface area contributed by atoms with Crippen LogP contribution in [0, 0.1) is 11.3 Å². The maximum Gasteiger partial charge on any atom is 0.407 e. The first-order valence-electron chi connectivity index (χ1n) is 8.11. The van der Waals surface area contributed by atoms with Crippen molar-refractivity contribution < 1.29 is 19.0 Å². The molecule has 2 heterocycles. The van der Waals surface area contributed by atoms with Crippen LogP contribution < -0.4 is 10.6 Å². The number of amides is 1. The average Bonchev–Trinajstić information content (AvgIpc) is 3.17. The highest BCUT2D eigenvalue weighted by molar-refractivity contribution is 5.67. The smallest absolute Gasteiger partial charge is 0.407 e. The van der Waals surface area contributed by atoms with E-state index in [1.54, 1.807) is 6.07 Å². The molecule has 0 saturated carbocycles. The van der Waals surface area contributed by atoms with Crippen LogP contribution in [0.15, 0.2) is 24.3 Å². The molecule has 2 aliphatic heterocycles. The predicted molar refractivity (Wildman–Crippen MR) is 85.2 cm³/mol. The number of benzene rings is 1. The summed E-state index contributed by atoms with van der Waals surface area (Å²) in [4.78, 5) is 11.6. The fourth-order valence-electron chi connectivity index (χ4n) is 3.06. The maximum absolute atomic E-state index is 11.6. The lowest BCUT2D eigenvalue weighted by molar-refractivity contribution is 0.00400. The van der Waals surface area contributed by atoms with Crippen LogP contribution in [0.1, 0.15) is 18.1 Å². The van der Waals surface area contributed by atoms with Gasteiger partial charge in [0.15, 0.2) is 6.10 Å². The number of nitrogens with zero attached hydrogens (tertiary/aromatic N) is 1. The third-order valence-corrected chi connectivity index (χ3v) is 4.21. The Bertz CT molecular complexity index is 631.